The fourth-order valence-electron chi connectivity index (χ4n) is 3.38. The zero-order valence-corrected chi connectivity index (χ0v) is 20.9. The van der Waals surface area contributed by atoms with Gasteiger partial charge in [-0.3, -0.25) is 9.88 Å². The summed E-state index contributed by atoms with van der Waals surface area (Å²) < 4.78 is 70.2. The molecule has 1 aromatic carbocycles. The van der Waals surface area contributed by atoms with Crippen LogP contribution in [-0.4, -0.2) is 72.6 Å². The molecule has 1 aliphatic heterocycles. The minimum Gasteiger partial charge on any atom is -0.475 e. The molecule has 3 aromatic heterocycles. The van der Waals surface area contributed by atoms with Gasteiger partial charge in [0.05, 0.1) is 22.7 Å². The first-order valence-electron chi connectivity index (χ1n) is 11.1. The van der Waals surface area contributed by atoms with Crippen LogP contribution in [-0.2, 0) is 16.1 Å². The number of carboxylic acids is 2. The number of aliphatic carboxylic acids is 2. The first kappa shape index (κ1) is 30.4. The summed E-state index contributed by atoms with van der Waals surface area (Å²) in [6.07, 6.45) is -5.66. The van der Waals surface area contributed by atoms with Crippen molar-refractivity contribution in [2.45, 2.75) is 31.2 Å². The number of alkyl halides is 6. The molecule has 2 N–H and O–H groups in total. The van der Waals surface area contributed by atoms with E-state index in [-0.39, 0.29) is 5.92 Å². The van der Waals surface area contributed by atoms with Crippen LogP contribution in [0.4, 0.5) is 26.3 Å². The summed E-state index contributed by atoms with van der Waals surface area (Å²) in [5, 5.41) is 19.5. The van der Waals surface area contributed by atoms with Gasteiger partial charge in [-0.2, -0.15) is 31.3 Å². The smallest absolute Gasteiger partial charge is 0.475 e. The number of halogens is 6. The molecule has 4 aromatic rings. The number of para-hydroxylation sites is 1. The third-order valence-electron chi connectivity index (χ3n) is 5.18. The van der Waals surface area contributed by atoms with Crippen molar-refractivity contribution < 1.29 is 50.7 Å². The highest BCUT2D eigenvalue weighted by Gasteiger charge is 2.39. The Bertz CT molecular complexity index is 1370. The van der Waals surface area contributed by atoms with E-state index in [4.69, 9.17) is 29.3 Å². The lowest BCUT2D eigenvalue weighted by Crippen LogP contribution is -2.21. The van der Waals surface area contributed by atoms with Crippen molar-refractivity contribution in [1.82, 2.24) is 25.0 Å². The maximum atomic E-state index is 10.6. The number of carboxylic acid groups (broad SMARTS) is 2. The fourth-order valence-corrected chi connectivity index (χ4v) is 4.39. The lowest BCUT2D eigenvalue weighted by Gasteiger charge is -2.12. The minimum absolute atomic E-state index is 0.285. The Kier molecular flexibility index (Phi) is 9.75. The zero-order chi connectivity index (χ0) is 29.5. The van der Waals surface area contributed by atoms with Crippen molar-refractivity contribution in [2.24, 2.45) is 0 Å². The Balaban J connectivity index is 0.000000263. The molecule has 1 aliphatic rings. The van der Waals surface area contributed by atoms with Crippen molar-refractivity contribution in [2.75, 3.05) is 13.1 Å². The summed E-state index contributed by atoms with van der Waals surface area (Å²) in [4.78, 5) is 33.6. The van der Waals surface area contributed by atoms with Crippen LogP contribution in [0, 0.1) is 0 Å². The molecule has 4 heterocycles. The summed E-state index contributed by atoms with van der Waals surface area (Å²) in [5.74, 6) is -3.87. The first-order chi connectivity index (χ1) is 18.7. The van der Waals surface area contributed by atoms with E-state index >= 15 is 0 Å². The number of hydrogen-bond donors (Lipinski definition) is 2. The van der Waals surface area contributed by atoms with Crippen LogP contribution in [0.15, 0.2) is 53.3 Å². The number of thiazole rings is 1. The molecule has 0 aliphatic carbocycles. The second kappa shape index (κ2) is 12.8. The zero-order valence-electron chi connectivity index (χ0n) is 20.1. The third kappa shape index (κ3) is 8.70. The molecular formula is C23H19F6N5O5S. The minimum atomic E-state index is -5.08. The van der Waals surface area contributed by atoms with E-state index in [1.165, 1.54) is 4.70 Å². The molecule has 10 nitrogen and oxygen atoms in total. The van der Waals surface area contributed by atoms with E-state index in [1.54, 1.807) is 23.7 Å². The van der Waals surface area contributed by atoms with Crippen molar-refractivity contribution in [3.05, 3.63) is 59.7 Å². The van der Waals surface area contributed by atoms with Crippen LogP contribution in [0.2, 0.25) is 0 Å². The monoisotopic (exact) mass is 591 g/mol. The molecule has 17 heteroatoms. The highest BCUT2D eigenvalue weighted by molar-refractivity contribution is 7.18. The van der Waals surface area contributed by atoms with Gasteiger partial charge in [-0.25, -0.2) is 14.6 Å². The predicted octanol–water partition coefficient (Wildman–Crippen LogP) is 5.00. The van der Waals surface area contributed by atoms with Gasteiger partial charge in [0.1, 0.15) is 5.01 Å². The molecule has 0 bridgehead atoms. The molecule has 1 unspecified atom stereocenters. The Hall–Kier alpha value is -4.12. The van der Waals surface area contributed by atoms with Gasteiger partial charge in [-0.15, -0.1) is 11.3 Å². The average Bonchev–Trinajstić information content (AvgIpc) is 3.64. The summed E-state index contributed by atoms with van der Waals surface area (Å²) in [7, 11) is 0. The molecule has 0 radical (unpaired) electrons. The van der Waals surface area contributed by atoms with Crippen molar-refractivity contribution in [3.8, 4) is 11.4 Å². The van der Waals surface area contributed by atoms with E-state index < -0.39 is 24.3 Å². The van der Waals surface area contributed by atoms with E-state index in [9.17, 15) is 26.3 Å². The van der Waals surface area contributed by atoms with Gasteiger partial charge in [0.25, 0.3) is 0 Å². The highest BCUT2D eigenvalue weighted by Crippen LogP contribution is 2.30. The summed E-state index contributed by atoms with van der Waals surface area (Å²) in [6, 6.07) is 12.1. The number of hydrogen-bond acceptors (Lipinski definition) is 9. The van der Waals surface area contributed by atoms with Gasteiger partial charge >= 0.3 is 24.3 Å². The van der Waals surface area contributed by atoms with Crippen LogP contribution in [0.3, 0.4) is 0 Å². The average molecular weight is 591 g/mol. The van der Waals surface area contributed by atoms with Gasteiger partial charge in [0.15, 0.2) is 0 Å². The maximum Gasteiger partial charge on any atom is 0.490 e. The van der Waals surface area contributed by atoms with Crippen LogP contribution < -0.4 is 0 Å². The maximum absolute atomic E-state index is 10.6. The normalized spacial score (nSPS) is 15.6. The molecule has 40 heavy (non-hydrogen) atoms. The highest BCUT2D eigenvalue weighted by atomic mass is 32.1. The van der Waals surface area contributed by atoms with Crippen LogP contribution in [0.1, 0.15) is 23.2 Å². The van der Waals surface area contributed by atoms with Gasteiger partial charge in [0.2, 0.25) is 11.7 Å². The van der Waals surface area contributed by atoms with Crippen molar-refractivity contribution in [1.29, 1.82) is 0 Å². The molecule has 0 amide bonds. The second-order valence-electron chi connectivity index (χ2n) is 8.09. The fraction of sp³-hybridized carbons (Fsp3) is 0.304. The van der Waals surface area contributed by atoms with E-state index in [2.05, 4.69) is 38.2 Å². The van der Waals surface area contributed by atoms with E-state index in [0.717, 1.165) is 48.0 Å². The summed E-state index contributed by atoms with van der Waals surface area (Å²) in [6.45, 7) is 2.82. The van der Waals surface area contributed by atoms with Gasteiger partial charge in [0, 0.05) is 24.5 Å². The summed E-state index contributed by atoms with van der Waals surface area (Å²) in [5.41, 5.74) is 2.02. The van der Waals surface area contributed by atoms with Crippen LogP contribution >= 0.6 is 11.3 Å². The SMILES string of the molecule is O=C(O)C(F)(F)F.O=C(O)C(F)(F)F.c1ccc2sc(CN3CCC(c4nc(-c5ccncc5)no4)C3)nc2c1. The van der Waals surface area contributed by atoms with Crippen LogP contribution in [0.5, 0.6) is 0 Å². The molecular weight excluding hydrogens is 572 g/mol. The largest absolute Gasteiger partial charge is 0.490 e. The number of fused-ring (bicyclic) bond motifs is 1. The first-order valence-corrected chi connectivity index (χ1v) is 12.0. The Labute approximate surface area is 224 Å². The standard InChI is InChI=1S/C19H17N5OS.2C2HF3O2/c1-2-4-16-15(3-1)21-17(26-16)12-24-10-7-14(11-24)19-22-18(23-25-19)13-5-8-20-9-6-13;2*3-2(4,5)1(6)7/h1-6,8-9,14H,7,10-12H2;2*(H,6,7). The molecule has 0 spiro atoms. The van der Waals surface area contributed by atoms with Gasteiger partial charge in [-0.1, -0.05) is 17.3 Å². The quantitative estimate of drug-likeness (QED) is 0.312. The van der Waals surface area contributed by atoms with Crippen LogP contribution in [0.25, 0.3) is 21.6 Å². The van der Waals surface area contributed by atoms with E-state index in [1.807, 2.05) is 18.2 Å². The number of likely N-dealkylation sites (tertiary alicyclic amines) is 1. The molecule has 1 saturated heterocycles. The number of benzene rings is 1. The molecule has 214 valence electrons. The number of rotatable bonds is 4. The Morgan fingerprint density at radius 3 is 2.15 bits per heavy atom. The second-order valence-corrected chi connectivity index (χ2v) is 9.21. The molecule has 5 rings (SSSR count). The predicted molar refractivity (Wildman–Crippen MR) is 127 cm³/mol. The van der Waals surface area contributed by atoms with Crippen molar-refractivity contribution in [3.63, 3.8) is 0 Å². The van der Waals surface area contributed by atoms with E-state index in [0.29, 0.717) is 5.82 Å². The topological polar surface area (TPSA) is 143 Å². The van der Waals surface area contributed by atoms with Crippen molar-refractivity contribution >= 4 is 33.5 Å². The number of pyridine rings is 1. The Morgan fingerprint density at radius 2 is 1.57 bits per heavy atom. The lowest BCUT2D eigenvalue weighted by molar-refractivity contribution is -0.193. The number of nitrogens with zero attached hydrogens (tertiary/aromatic N) is 5. The number of aromatic nitrogens is 4. The lowest BCUT2D eigenvalue weighted by atomic mass is 10.1. The van der Waals surface area contributed by atoms with Gasteiger partial charge in [-0.05, 0) is 37.2 Å². The number of carbonyl (C=O) groups is 2. The molecule has 1 fully saturated rings. The molecule has 0 saturated carbocycles. The Morgan fingerprint density at radius 1 is 0.975 bits per heavy atom. The van der Waals surface area contributed by atoms with Gasteiger partial charge < -0.3 is 14.7 Å². The summed E-state index contributed by atoms with van der Waals surface area (Å²) >= 11 is 1.77. The third-order valence-corrected chi connectivity index (χ3v) is 6.21. The molecule has 1 atom stereocenters.